The molecule has 1 aromatic heterocycles. The molecular weight excluding hydrogens is 398 g/mol. The van der Waals surface area contributed by atoms with Gasteiger partial charge in [0.25, 0.3) is 5.91 Å². The lowest BCUT2D eigenvalue weighted by Crippen LogP contribution is -2.22. The fourth-order valence-electron chi connectivity index (χ4n) is 4.61. The summed E-state index contributed by atoms with van der Waals surface area (Å²) in [5.41, 5.74) is 3.80. The summed E-state index contributed by atoms with van der Waals surface area (Å²) in [7, 11) is 0. The Morgan fingerprint density at radius 1 is 0.935 bits per heavy atom. The fraction of sp³-hybridized carbons (Fsp3) is 0.333. The number of fused-ring (bicyclic) bond motifs is 1. The smallest absolute Gasteiger partial charge is 0.276 e. The molecule has 1 aliphatic carbocycles. The molecule has 0 radical (unpaired) electrons. The van der Waals surface area contributed by atoms with E-state index >= 15 is 0 Å². The van der Waals surface area contributed by atoms with Crippen LogP contribution in [0.2, 0.25) is 0 Å². The number of nitrogens with zero attached hydrogens (tertiary/aromatic N) is 3. The molecule has 0 unspecified atom stereocenters. The van der Waals surface area contributed by atoms with Gasteiger partial charge in [-0.3, -0.25) is 4.79 Å². The highest BCUT2D eigenvalue weighted by atomic mass is 19.1. The number of anilines is 2. The minimum absolute atomic E-state index is 0.204. The molecule has 2 aromatic carbocycles. The third-order valence-electron chi connectivity index (χ3n) is 6.14. The second kappa shape index (κ2) is 8.13. The van der Waals surface area contributed by atoms with Crippen molar-refractivity contribution in [2.24, 2.45) is 0 Å². The van der Waals surface area contributed by atoms with Gasteiger partial charge in [-0.1, -0.05) is 6.07 Å². The topological polar surface area (TPSA) is 50.2 Å². The standard InChI is InChI=1S/C24H24F2N4O/c25-16-10-12-17(13-11-16)30-20-8-2-1-6-18(20)22(28-30)24(31)27-23-19(26)7-5-9-21(23)29-14-3-4-15-29/h5,7,9-13H,1-4,6,8,14-15H2,(H,27,31). The van der Waals surface area contributed by atoms with Gasteiger partial charge in [0.05, 0.1) is 11.4 Å². The van der Waals surface area contributed by atoms with E-state index in [9.17, 15) is 13.6 Å². The van der Waals surface area contributed by atoms with Crippen molar-refractivity contribution in [3.05, 3.63) is 71.1 Å². The Balaban J connectivity index is 1.51. The van der Waals surface area contributed by atoms with Gasteiger partial charge in [-0.05, 0) is 74.9 Å². The summed E-state index contributed by atoms with van der Waals surface area (Å²) in [6, 6.07) is 11.0. The molecule has 1 fully saturated rings. The van der Waals surface area contributed by atoms with Crippen LogP contribution in [0.25, 0.3) is 5.69 Å². The van der Waals surface area contributed by atoms with Crippen LogP contribution in [0.5, 0.6) is 0 Å². The SMILES string of the molecule is O=C(Nc1c(F)cccc1N1CCCC1)c1nn(-c2ccc(F)cc2)c2c1CCCC2. The number of halogens is 2. The molecule has 0 atom stereocenters. The number of carbonyl (C=O) groups is 1. The lowest BCUT2D eigenvalue weighted by molar-refractivity contribution is 0.102. The number of hydrogen-bond acceptors (Lipinski definition) is 3. The fourth-order valence-corrected chi connectivity index (χ4v) is 4.61. The Kier molecular flexibility index (Phi) is 5.18. The zero-order valence-corrected chi connectivity index (χ0v) is 17.2. The van der Waals surface area contributed by atoms with Gasteiger partial charge >= 0.3 is 0 Å². The zero-order valence-electron chi connectivity index (χ0n) is 17.2. The maximum Gasteiger partial charge on any atom is 0.276 e. The van der Waals surface area contributed by atoms with E-state index in [2.05, 4.69) is 15.3 Å². The molecular formula is C24H24F2N4O. The van der Waals surface area contributed by atoms with Gasteiger partial charge < -0.3 is 10.2 Å². The Hall–Kier alpha value is -3.22. The van der Waals surface area contributed by atoms with Gasteiger partial charge in [0.2, 0.25) is 0 Å². The average Bonchev–Trinajstić information content (AvgIpc) is 3.44. The van der Waals surface area contributed by atoms with Crippen molar-refractivity contribution in [3.8, 4) is 5.69 Å². The number of carbonyl (C=O) groups excluding carboxylic acids is 1. The monoisotopic (exact) mass is 422 g/mol. The Labute approximate surface area is 179 Å². The molecule has 3 aromatic rings. The molecule has 1 N–H and O–H groups in total. The summed E-state index contributed by atoms with van der Waals surface area (Å²) < 4.78 is 29.8. The zero-order chi connectivity index (χ0) is 21.4. The van der Waals surface area contributed by atoms with E-state index in [1.54, 1.807) is 22.9 Å². The molecule has 2 heterocycles. The second-order valence-electron chi connectivity index (χ2n) is 8.15. The van der Waals surface area contributed by atoms with Gasteiger partial charge in [0.1, 0.15) is 17.3 Å². The molecule has 2 aliphatic rings. The molecule has 1 aliphatic heterocycles. The molecule has 5 rings (SSSR count). The second-order valence-corrected chi connectivity index (χ2v) is 8.15. The van der Waals surface area contributed by atoms with Gasteiger partial charge in [-0.2, -0.15) is 5.10 Å². The third kappa shape index (κ3) is 3.69. The maximum atomic E-state index is 14.7. The van der Waals surface area contributed by atoms with Gasteiger partial charge in [0, 0.05) is 24.3 Å². The molecule has 160 valence electrons. The number of nitrogens with one attached hydrogen (secondary N) is 1. The summed E-state index contributed by atoms with van der Waals surface area (Å²) in [4.78, 5) is 15.4. The van der Waals surface area contributed by atoms with E-state index in [-0.39, 0.29) is 11.5 Å². The molecule has 1 saturated heterocycles. The Morgan fingerprint density at radius 2 is 1.68 bits per heavy atom. The quantitative estimate of drug-likeness (QED) is 0.652. The third-order valence-corrected chi connectivity index (χ3v) is 6.14. The Bertz CT molecular complexity index is 1120. The van der Waals surface area contributed by atoms with Crippen molar-refractivity contribution >= 4 is 17.3 Å². The van der Waals surface area contributed by atoms with E-state index in [4.69, 9.17) is 0 Å². The van der Waals surface area contributed by atoms with Crippen LogP contribution in [0.1, 0.15) is 47.4 Å². The van der Waals surface area contributed by atoms with E-state index in [1.165, 1.54) is 18.2 Å². The maximum absolute atomic E-state index is 14.7. The predicted molar refractivity (Wildman–Crippen MR) is 116 cm³/mol. The van der Waals surface area contributed by atoms with Gasteiger partial charge in [-0.25, -0.2) is 13.5 Å². The van der Waals surface area contributed by atoms with Crippen LogP contribution in [-0.2, 0) is 12.8 Å². The van der Waals surface area contributed by atoms with Crippen LogP contribution in [0, 0.1) is 11.6 Å². The molecule has 7 heteroatoms. The molecule has 5 nitrogen and oxygen atoms in total. The van der Waals surface area contributed by atoms with Crippen molar-refractivity contribution in [1.82, 2.24) is 9.78 Å². The molecule has 31 heavy (non-hydrogen) atoms. The van der Waals surface area contributed by atoms with E-state index in [1.807, 2.05) is 6.07 Å². The molecule has 0 saturated carbocycles. The van der Waals surface area contributed by atoms with E-state index in [0.29, 0.717) is 17.1 Å². The number of amides is 1. The molecule has 1 amide bonds. The lowest BCUT2D eigenvalue weighted by Gasteiger charge is -2.22. The van der Waals surface area contributed by atoms with Crippen molar-refractivity contribution in [3.63, 3.8) is 0 Å². The minimum atomic E-state index is -0.454. The number of benzene rings is 2. The highest BCUT2D eigenvalue weighted by Crippen LogP contribution is 2.33. The summed E-state index contributed by atoms with van der Waals surface area (Å²) in [5, 5.41) is 7.40. The predicted octanol–water partition coefficient (Wildman–Crippen LogP) is 4.88. The van der Waals surface area contributed by atoms with Crippen molar-refractivity contribution in [2.45, 2.75) is 38.5 Å². The van der Waals surface area contributed by atoms with Crippen molar-refractivity contribution < 1.29 is 13.6 Å². The molecule has 0 spiro atoms. The van der Waals surface area contributed by atoms with Crippen LogP contribution in [0.4, 0.5) is 20.2 Å². The lowest BCUT2D eigenvalue weighted by atomic mass is 9.95. The first-order valence-corrected chi connectivity index (χ1v) is 10.8. The van der Waals surface area contributed by atoms with Crippen LogP contribution in [0.3, 0.4) is 0 Å². The van der Waals surface area contributed by atoms with E-state index < -0.39 is 11.7 Å². The normalized spacial score (nSPS) is 15.7. The van der Waals surface area contributed by atoms with Crippen molar-refractivity contribution in [1.29, 1.82) is 0 Å². The largest absolute Gasteiger partial charge is 0.370 e. The highest BCUT2D eigenvalue weighted by Gasteiger charge is 2.27. The first-order chi connectivity index (χ1) is 15.1. The van der Waals surface area contributed by atoms with Crippen LogP contribution >= 0.6 is 0 Å². The first kappa shape index (κ1) is 19.7. The number of aromatic nitrogens is 2. The van der Waals surface area contributed by atoms with Crippen LogP contribution in [0.15, 0.2) is 42.5 Å². The first-order valence-electron chi connectivity index (χ1n) is 10.8. The van der Waals surface area contributed by atoms with E-state index in [0.717, 1.165) is 62.9 Å². The summed E-state index contributed by atoms with van der Waals surface area (Å²) in [6.07, 6.45) is 5.63. The number of rotatable bonds is 4. The summed E-state index contributed by atoms with van der Waals surface area (Å²) in [5.74, 6) is -1.19. The summed E-state index contributed by atoms with van der Waals surface area (Å²) >= 11 is 0. The summed E-state index contributed by atoms with van der Waals surface area (Å²) in [6.45, 7) is 1.70. The molecule has 0 bridgehead atoms. The van der Waals surface area contributed by atoms with Crippen LogP contribution < -0.4 is 10.2 Å². The highest BCUT2D eigenvalue weighted by molar-refractivity contribution is 6.06. The van der Waals surface area contributed by atoms with Crippen LogP contribution in [-0.4, -0.2) is 28.8 Å². The average molecular weight is 422 g/mol. The van der Waals surface area contributed by atoms with Gasteiger partial charge in [-0.15, -0.1) is 0 Å². The minimum Gasteiger partial charge on any atom is -0.370 e. The number of para-hydroxylation sites is 1. The van der Waals surface area contributed by atoms with Crippen molar-refractivity contribution in [2.75, 3.05) is 23.3 Å². The van der Waals surface area contributed by atoms with Gasteiger partial charge in [0.15, 0.2) is 5.69 Å². The Morgan fingerprint density at radius 3 is 2.45 bits per heavy atom. The number of hydrogen-bond donors (Lipinski definition) is 1.